The number of ether oxygens (including phenoxy) is 4. The molecule has 0 bridgehead atoms. The van der Waals surface area contributed by atoms with E-state index in [-0.39, 0.29) is 56.3 Å². The second kappa shape index (κ2) is 35.3. The highest BCUT2D eigenvalue weighted by Gasteiger charge is 2.37. The first-order valence-corrected chi connectivity index (χ1v) is 21.5. The van der Waals surface area contributed by atoms with Gasteiger partial charge in [0.1, 0.15) is 38.1 Å². The summed E-state index contributed by atoms with van der Waals surface area (Å²) in [6.07, 6.45) is 14.6. The molecule has 0 aliphatic rings. The molecule has 0 aromatic heterocycles. The maximum atomic E-state index is 12.8. The smallest absolute Gasteiger partial charge is 0.407 e. The molecular weight excluding hydrogens is 750 g/mol. The fraction of sp³-hybridized carbons (Fsp3) is 0.791. The van der Waals surface area contributed by atoms with Crippen molar-refractivity contribution < 1.29 is 58.2 Å². The molecule has 0 aromatic carbocycles. The molecule has 0 rings (SSSR count). The lowest BCUT2D eigenvalue weighted by Crippen LogP contribution is -2.53. The summed E-state index contributed by atoms with van der Waals surface area (Å²) >= 11 is 0. The van der Waals surface area contributed by atoms with Gasteiger partial charge in [-0.25, -0.2) is 19.2 Å². The Morgan fingerprint density at radius 2 is 0.983 bits per heavy atom. The Hall–Kier alpha value is -3.69. The van der Waals surface area contributed by atoms with E-state index in [1.165, 1.54) is 122 Å². The lowest BCUT2D eigenvalue weighted by Gasteiger charge is -2.31. The van der Waals surface area contributed by atoms with Gasteiger partial charge < -0.3 is 49.8 Å². The molecule has 0 aliphatic heterocycles. The molecular formula is C43H77N3O12. The van der Waals surface area contributed by atoms with Crippen LogP contribution in [0, 0.1) is 0 Å². The number of esters is 2. The van der Waals surface area contributed by atoms with Crippen LogP contribution in [0.3, 0.4) is 0 Å². The number of rotatable bonds is 36. The van der Waals surface area contributed by atoms with Crippen molar-refractivity contribution in [3.63, 3.8) is 0 Å². The molecule has 58 heavy (non-hydrogen) atoms. The second-order valence-corrected chi connectivity index (χ2v) is 15.2. The average Bonchev–Trinajstić information content (AvgIpc) is 3.19. The molecule has 0 radical (unpaired) electrons. The van der Waals surface area contributed by atoms with Crippen LogP contribution in [0.4, 0.5) is 9.59 Å². The third kappa shape index (κ3) is 29.5. The van der Waals surface area contributed by atoms with E-state index >= 15 is 0 Å². The largest absolute Gasteiger partial charge is 0.460 e. The molecule has 4 atom stereocenters. The van der Waals surface area contributed by atoms with Gasteiger partial charge in [0.15, 0.2) is 6.10 Å². The zero-order valence-corrected chi connectivity index (χ0v) is 36.1. The van der Waals surface area contributed by atoms with Gasteiger partial charge in [-0.15, -0.1) is 0 Å². The molecule has 0 spiro atoms. The topological polar surface area (TPSA) is 210 Å². The number of amides is 3. The summed E-state index contributed by atoms with van der Waals surface area (Å²) in [6.45, 7) is 10.3. The first-order valence-electron chi connectivity index (χ1n) is 21.5. The predicted molar refractivity (Wildman–Crippen MR) is 223 cm³/mol. The van der Waals surface area contributed by atoms with Gasteiger partial charge in [-0.3, -0.25) is 4.79 Å². The van der Waals surface area contributed by atoms with Crippen LogP contribution in [-0.2, 0) is 33.3 Å². The maximum absolute atomic E-state index is 12.8. The van der Waals surface area contributed by atoms with Crippen LogP contribution in [0.15, 0.2) is 24.3 Å². The van der Waals surface area contributed by atoms with Gasteiger partial charge in [0, 0.05) is 31.2 Å². The van der Waals surface area contributed by atoms with E-state index in [1.54, 1.807) is 0 Å². The van der Waals surface area contributed by atoms with Crippen LogP contribution in [0.2, 0.25) is 0 Å². The van der Waals surface area contributed by atoms with Gasteiger partial charge in [-0.05, 0) is 20.3 Å². The number of hydrogen-bond donors (Lipinski definition) is 5. The van der Waals surface area contributed by atoms with E-state index in [2.05, 4.69) is 30.7 Å². The van der Waals surface area contributed by atoms with Crippen molar-refractivity contribution in [2.24, 2.45) is 0 Å². The SMILES string of the molecule is C=C(C)C(=O)OCCNC(=O)OCC(O)[C@@H](OC(=O)NCCOC(=O)C(=C)C)[C@H](O)[C@@H](O)CN(C)C(=O)CCCCCCCCCCCCCCCCCCCCC. The van der Waals surface area contributed by atoms with Gasteiger partial charge >= 0.3 is 24.1 Å². The highest BCUT2D eigenvalue weighted by molar-refractivity contribution is 5.87. The third-order valence-electron chi connectivity index (χ3n) is 9.53. The van der Waals surface area contributed by atoms with Crippen molar-refractivity contribution in [2.75, 3.05) is 46.5 Å². The van der Waals surface area contributed by atoms with Gasteiger partial charge in [0.05, 0.1) is 13.1 Å². The zero-order chi connectivity index (χ0) is 43.6. The number of nitrogens with zero attached hydrogens (tertiary/aromatic N) is 1. The Morgan fingerprint density at radius 3 is 1.40 bits per heavy atom. The van der Waals surface area contributed by atoms with Crippen molar-refractivity contribution in [3.05, 3.63) is 24.3 Å². The number of unbranched alkanes of at least 4 members (excludes halogenated alkanes) is 18. The van der Waals surface area contributed by atoms with Gasteiger partial charge in [0.25, 0.3) is 0 Å². The number of alkyl carbamates (subject to hydrolysis) is 2. The first-order chi connectivity index (χ1) is 27.7. The number of carbonyl (C=O) groups excluding carboxylic acids is 5. The third-order valence-corrected chi connectivity index (χ3v) is 9.53. The molecule has 15 nitrogen and oxygen atoms in total. The van der Waals surface area contributed by atoms with Crippen molar-refractivity contribution in [3.8, 4) is 0 Å². The van der Waals surface area contributed by atoms with Crippen LogP contribution in [0.25, 0.3) is 0 Å². The molecule has 336 valence electrons. The number of likely N-dealkylation sites (N-methyl/N-ethyl adjacent to an activating group) is 1. The number of carbonyl (C=O) groups is 5. The zero-order valence-electron chi connectivity index (χ0n) is 36.1. The standard InChI is InChI=1S/C43H77N3O12/c1-7-8-9-10-11-12-13-14-15-16-17-18-19-20-21-22-23-24-25-26-37(49)46(6)31-35(47)38(50)39(58-43(54)45-28-30-56-41(52)34(4)5)36(48)32-57-42(53)44-27-29-55-40(51)33(2)3/h35-36,38-39,47-48,50H,2,4,7-32H2,1,3,5-6H3,(H,44,53)(H,45,54)/t35-,36?,38+,39+/m0/s1. The normalized spacial score (nSPS) is 13.0. The predicted octanol–water partition coefficient (Wildman–Crippen LogP) is 6.41. The van der Waals surface area contributed by atoms with Gasteiger partial charge in [-0.1, -0.05) is 136 Å². The second-order valence-electron chi connectivity index (χ2n) is 15.2. The fourth-order valence-electron chi connectivity index (χ4n) is 5.94. The highest BCUT2D eigenvalue weighted by atomic mass is 16.6. The fourth-order valence-corrected chi connectivity index (χ4v) is 5.94. The van der Waals surface area contributed by atoms with E-state index < -0.39 is 55.1 Å². The summed E-state index contributed by atoms with van der Waals surface area (Å²) in [5.41, 5.74) is 0.342. The quantitative estimate of drug-likeness (QED) is 0.0201. The van der Waals surface area contributed by atoms with Gasteiger partial charge in [0.2, 0.25) is 5.91 Å². The summed E-state index contributed by atoms with van der Waals surface area (Å²) < 4.78 is 19.9. The van der Waals surface area contributed by atoms with Crippen LogP contribution in [-0.4, -0.2) is 121 Å². The molecule has 3 amide bonds. The maximum Gasteiger partial charge on any atom is 0.407 e. The molecule has 0 heterocycles. The van der Waals surface area contributed by atoms with Crippen LogP contribution >= 0.6 is 0 Å². The Bertz CT molecular complexity index is 1180. The summed E-state index contributed by atoms with van der Waals surface area (Å²) in [4.78, 5) is 61.7. The Labute approximate surface area is 347 Å². The summed E-state index contributed by atoms with van der Waals surface area (Å²) in [7, 11) is 1.47. The highest BCUT2D eigenvalue weighted by Crippen LogP contribution is 2.16. The van der Waals surface area contributed by atoms with E-state index in [1.807, 2.05) is 0 Å². The first kappa shape index (κ1) is 54.3. The lowest BCUT2D eigenvalue weighted by molar-refractivity contribution is -0.139. The Balaban J connectivity index is 4.63. The summed E-state index contributed by atoms with van der Waals surface area (Å²) in [5, 5.41) is 37.2. The molecule has 1 unspecified atom stereocenters. The molecule has 0 saturated heterocycles. The number of hydrogen-bond acceptors (Lipinski definition) is 12. The molecule has 5 N–H and O–H groups in total. The summed E-state index contributed by atoms with van der Waals surface area (Å²) in [6, 6.07) is 0. The molecule has 0 saturated carbocycles. The molecule has 15 heteroatoms. The van der Waals surface area contributed by atoms with Crippen molar-refractivity contribution in [2.45, 2.75) is 174 Å². The number of aliphatic hydroxyl groups excluding tert-OH is 3. The monoisotopic (exact) mass is 828 g/mol. The van der Waals surface area contributed by atoms with Crippen molar-refractivity contribution in [1.82, 2.24) is 15.5 Å². The lowest BCUT2D eigenvalue weighted by atomic mass is 10.0. The minimum Gasteiger partial charge on any atom is -0.460 e. The number of aliphatic hydroxyl groups is 3. The Morgan fingerprint density at radius 1 is 0.586 bits per heavy atom. The van der Waals surface area contributed by atoms with E-state index in [4.69, 9.17) is 18.9 Å². The average molecular weight is 828 g/mol. The molecule has 0 fully saturated rings. The van der Waals surface area contributed by atoms with E-state index in [0.717, 1.165) is 19.3 Å². The molecule has 0 aliphatic carbocycles. The Kier molecular flexibility index (Phi) is 33.0. The molecule has 0 aromatic rings. The summed E-state index contributed by atoms with van der Waals surface area (Å²) in [5.74, 6) is -1.55. The van der Waals surface area contributed by atoms with Crippen LogP contribution < -0.4 is 10.6 Å². The van der Waals surface area contributed by atoms with Gasteiger partial charge in [-0.2, -0.15) is 0 Å². The van der Waals surface area contributed by atoms with Crippen molar-refractivity contribution in [1.29, 1.82) is 0 Å². The minimum atomic E-state index is -1.92. The van der Waals surface area contributed by atoms with E-state index in [0.29, 0.717) is 6.42 Å². The van der Waals surface area contributed by atoms with E-state index in [9.17, 15) is 39.3 Å². The number of nitrogens with one attached hydrogen (secondary N) is 2. The van der Waals surface area contributed by atoms with Crippen LogP contribution in [0.5, 0.6) is 0 Å². The van der Waals surface area contributed by atoms with Crippen LogP contribution in [0.1, 0.15) is 149 Å². The van der Waals surface area contributed by atoms with Crippen molar-refractivity contribution >= 4 is 30.0 Å². The minimum absolute atomic E-state index is 0.118.